The number of rotatable bonds is 4. The van der Waals surface area contributed by atoms with Gasteiger partial charge in [-0.25, -0.2) is 9.18 Å². The summed E-state index contributed by atoms with van der Waals surface area (Å²) in [6, 6.07) is 15.4. The molecule has 0 N–H and O–H groups in total. The molecular weight excluding hydrogens is 279 g/mol. The number of anilines is 1. The van der Waals surface area contributed by atoms with Gasteiger partial charge in [-0.05, 0) is 24.6 Å². The van der Waals surface area contributed by atoms with E-state index in [2.05, 4.69) is 6.58 Å². The van der Waals surface area contributed by atoms with Crippen LogP contribution in [0.1, 0.15) is 12.5 Å². The third kappa shape index (κ3) is 3.17. The molecule has 0 spiro atoms. The van der Waals surface area contributed by atoms with E-state index in [1.807, 2.05) is 37.3 Å². The Labute approximate surface area is 130 Å². The fourth-order valence-electron chi connectivity index (χ4n) is 2.20. The second kappa shape index (κ2) is 6.89. The van der Waals surface area contributed by atoms with Gasteiger partial charge in [-0.2, -0.15) is 0 Å². The van der Waals surface area contributed by atoms with Gasteiger partial charge in [0.2, 0.25) is 0 Å². The van der Waals surface area contributed by atoms with Crippen LogP contribution in [0.5, 0.6) is 0 Å². The maximum Gasteiger partial charge on any atom is 0.328 e. The molecule has 2 aromatic rings. The summed E-state index contributed by atoms with van der Waals surface area (Å²) >= 11 is 0. The second-order valence-electron chi connectivity index (χ2n) is 4.85. The molecule has 0 heterocycles. The zero-order chi connectivity index (χ0) is 16.1. The zero-order valence-corrected chi connectivity index (χ0v) is 12.8. The lowest BCUT2D eigenvalue weighted by Crippen LogP contribution is -2.40. The molecule has 0 aliphatic carbocycles. The Morgan fingerprint density at radius 2 is 1.68 bits per heavy atom. The van der Waals surface area contributed by atoms with E-state index in [1.54, 1.807) is 25.2 Å². The highest BCUT2D eigenvalue weighted by atomic mass is 19.1. The van der Waals surface area contributed by atoms with Crippen molar-refractivity contribution in [1.82, 2.24) is 4.90 Å². The number of carbonyl (C=O) groups excluding carboxylic acids is 1. The summed E-state index contributed by atoms with van der Waals surface area (Å²) in [5, 5.41) is 0. The van der Waals surface area contributed by atoms with Gasteiger partial charge in [-0.3, -0.25) is 9.80 Å². The number of urea groups is 1. The van der Waals surface area contributed by atoms with Crippen LogP contribution in [0.3, 0.4) is 0 Å². The maximum absolute atomic E-state index is 13.9. The molecule has 0 saturated carbocycles. The van der Waals surface area contributed by atoms with Gasteiger partial charge in [0.1, 0.15) is 5.82 Å². The fraction of sp³-hybridized carbons (Fsp3) is 0.167. The predicted octanol–water partition coefficient (Wildman–Crippen LogP) is 4.37. The van der Waals surface area contributed by atoms with Crippen molar-refractivity contribution in [2.45, 2.75) is 6.92 Å². The number of para-hydroxylation sites is 1. The Bertz CT molecular complexity index is 670. The Kier molecular flexibility index (Phi) is 4.94. The normalized spacial score (nSPS) is 10.1. The van der Waals surface area contributed by atoms with Gasteiger partial charge in [0.15, 0.2) is 0 Å². The molecule has 2 aromatic carbocycles. The van der Waals surface area contributed by atoms with Crippen molar-refractivity contribution in [1.29, 1.82) is 0 Å². The number of amides is 2. The van der Waals surface area contributed by atoms with Crippen LogP contribution in [0.4, 0.5) is 14.9 Å². The second-order valence-corrected chi connectivity index (χ2v) is 4.85. The van der Waals surface area contributed by atoms with Gasteiger partial charge in [0, 0.05) is 19.3 Å². The van der Waals surface area contributed by atoms with E-state index in [4.69, 9.17) is 0 Å². The summed E-state index contributed by atoms with van der Waals surface area (Å²) in [4.78, 5) is 15.5. The minimum atomic E-state index is -0.420. The maximum atomic E-state index is 13.9. The molecule has 0 fully saturated rings. The van der Waals surface area contributed by atoms with E-state index in [9.17, 15) is 9.18 Å². The summed E-state index contributed by atoms with van der Waals surface area (Å²) in [7, 11) is 1.64. The highest BCUT2D eigenvalue weighted by molar-refractivity contribution is 5.97. The fourth-order valence-corrected chi connectivity index (χ4v) is 2.20. The largest absolute Gasteiger partial charge is 0.328 e. The molecule has 2 amide bonds. The first-order valence-corrected chi connectivity index (χ1v) is 7.10. The van der Waals surface area contributed by atoms with E-state index in [-0.39, 0.29) is 11.7 Å². The van der Waals surface area contributed by atoms with Crippen LogP contribution < -0.4 is 4.90 Å². The summed E-state index contributed by atoms with van der Waals surface area (Å²) in [5.74, 6) is -0.420. The van der Waals surface area contributed by atoms with Crippen molar-refractivity contribution in [3.05, 3.63) is 72.6 Å². The number of hydrogen-bond donors (Lipinski definition) is 0. The number of carbonyl (C=O) groups is 1. The van der Waals surface area contributed by atoms with E-state index in [0.29, 0.717) is 12.2 Å². The highest BCUT2D eigenvalue weighted by Gasteiger charge is 2.22. The van der Waals surface area contributed by atoms with Crippen LogP contribution >= 0.6 is 0 Å². The minimum Gasteiger partial charge on any atom is -0.297 e. The van der Waals surface area contributed by atoms with Crippen LogP contribution in [0.2, 0.25) is 0 Å². The van der Waals surface area contributed by atoms with Gasteiger partial charge in [-0.1, -0.05) is 49.0 Å². The van der Waals surface area contributed by atoms with Gasteiger partial charge in [0.25, 0.3) is 0 Å². The van der Waals surface area contributed by atoms with E-state index < -0.39 is 5.82 Å². The first-order valence-electron chi connectivity index (χ1n) is 7.10. The van der Waals surface area contributed by atoms with Crippen molar-refractivity contribution < 1.29 is 9.18 Å². The zero-order valence-electron chi connectivity index (χ0n) is 12.8. The minimum absolute atomic E-state index is 0.266. The monoisotopic (exact) mass is 298 g/mol. The molecule has 4 heteroatoms. The predicted molar refractivity (Wildman–Crippen MR) is 88.1 cm³/mol. The van der Waals surface area contributed by atoms with Gasteiger partial charge >= 0.3 is 6.03 Å². The molecule has 0 saturated heterocycles. The lowest BCUT2D eigenvalue weighted by atomic mass is 10.1. The smallest absolute Gasteiger partial charge is 0.297 e. The van der Waals surface area contributed by atoms with E-state index >= 15 is 0 Å². The molecule has 0 aliphatic rings. The summed E-state index contributed by atoms with van der Waals surface area (Å²) < 4.78 is 13.9. The van der Waals surface area contributed by atoms with Crippen molar-refractivity contribution >= 4 is 17.4 Å². The van der Waals surface area contributed by atoms with Crippen LogP contribution in [0, 0.1) is 5.82 Å². The van der Waals surface area contributed by atoms with Crippen molar-refractivity contribution in [3.63, 3.8) is 0 Å². The average molecular weight is 298 g/mol. The Hall–Kier alpha value is -2.62. The third-order valence-electron chi connectivity index (χ3n) is 3.49. The van der Waals surface area contributed by atoms with E-state index in [1.165, 1.54) is 15.9 Å². The highest BCUT2D eigenvalue weighted by Crippen LogP contribution is 2.23. The van der Waals surface area contributed by atoms with Crippen LogP contribution in [0.15, 0.2) is 61.2 Å². The van der Waals surface area contributed by atoms with Gasteiger partial charge < -0.3 is 0 Å². The van der Waals surface area contributed by atoms with Crippen LogP contribution in [-0.2, 0) is 0 Å². The molecule has 2 rings (SSSR count). The Morgan fingerprint density at radius 1 is 1.09 bits per heavy atom. The lowest BCUT2D eigenvalue weighted by molar-refractivity contribution is 0.231. The van der Waals surface area contributed by atoms with Gasteiger partial charge in [0.05, 0.1) is 5.69 Å². The average Bonchev–Trinajstić information content (AvgIpc) is 2.56. The van der Waals surface area contributed by atoms with Crippen molar-refractivity contribution in [2.75, 3.05) is 18.5 Å². The Morgan fingerprint density at radius 3 is 2.27 bits per heavy atom. The first-order chi connectivity index (χ1) is 10.6. The van der Waals surface area contributed by atoms with Crippen LogP contribution in [-0.4, -0.2) is 24.5 Å². The first kappa shape index (κ1) is 15.8. The van der Waals surface area contributed by atoms with Crippen molar-refractivity contribution in [3.8, 4) is 0 Å². The SMILES string of the molecule is C=C(c1ccccc1)N(C)C(=O)N(CC)c1ccccc1F. The number of hydrogen-bond acceptors (Lipinski definition) is 1. The van der Waals surface area contributed by atoms with Crippen molar-refractivity contribution in [2.24, 2.45) is 0 Å². The van der Waals surface area contributed by atoms with Gasteiger partial charge in [-0.15, -0.1) is 0 Å². The van der Waals surface area contributed by atoms with E-state index in [0.717, 1.165) is 5.56 Å². The summed E-state index contributed by atoms with van der Waals surface area (Å²) in [6.45, 7) is 6.14. The molecule has 0 bridgehead atoms. The number of benzene rings is 2. The molecule has 0 unspecified atom stereocenters. The molecule has 0 atom stereocenters. The molecule has 0 radical (unpaired) electrons. The molecule has 114 valence electrons. The summed E-state index contributed by atoms with van der Waals surface area (Å²) in [6.07, 6.45) is 0. The standard InChI is InChI=1S/C18H19FN2O/c1-4-21(17-13-9-8-12-16(17)19)18(22)20(3)14(2)15-10-6-5-7-11-15/h5-13H,2,4H2,1,3H3. The topological polar surface area (TPSA) is 23.6 Å². The quantitative estimate of drug-likeness (QED) is 0.822. The molecule has 0 aliphatic heterocycles. The lowest BCUT2D eigenvalue weighted by Gasteiger charge is -2.28. The number of nitrogens with zero attached hydrogens (tertiary/aromatic N) is 2. The summed E-state index contributed by atoms with van der Waals surface area (Å²) in [5.41, 5.74) is 1.69. The third-order valence-corrected chi connectivity index (χ3v) is 3.49. The molecule has 0 aromatic heterocycles. The number of halogens is 1. The molecule has 3 nitrogen and oxygen atoms in total. The molecular formula is C18H19FN2O. The van der Waals surface area contributed by atoms with Crippen LogP contribution in [0.25, 0.3) is 5.70 Å². The Balaban J connectivity index is 2.25. The molecule has 22 heavy (non-hydrogen) atoms.